The van der Waals surface area contributed by atoms with Crippen LogP contribution in [0.3, 0.4) is 0 Å². The Morgan fingerprint density at radius 3 is 2.74 bits per heavy atom. The molecule has 4 atom stereocenters. The first kappa shape index (κ1) is 14.5. The molecule has 106 valence electrons. The van der Waals surface area contributed by atoms with E-state index in [1.54, 1.807) is 7.11 Å². The van der Waals surface area contributed by atoms with Gasteiger partial charge in [0.1, 0.15) is 0 Å². The molecule has 1 aromatic rings. The van der Waals surface area contributed by atoms with Crippen molar-refractivity contribution >= 4 is 0 Å². The molecule has 1 aliphatic carbocycles. The number of methoxy groups -OCH3 is 1. The molecule has 0 aromatic heterocycles. The van der Waals surface area contributed by atoms with Gasteiger partial charge >= 0.3 is 0 Å². The summed E-state index contributed by atoms with van der Waals surface area (Å²) in [4.78, 5) is 0. The fourth-order valence-electron chi connectivity index (χ4n) is 2.92. The monoisotopic (exact) mass is 263 g/mol. The number of hydrogen-bond donors (Lipinski definition) is 1. The third-order valence-electron chi connectivity index (χ3n) is 4.02. The first-order valence-electron chi connectivity index (χ1n) is 7.13. The minimum atomic E-state index is 0.173. The van der Waals surface area contributed by atoms with Crippen LogP contribution in [0.25, 0.3) is 0 Å². The molecule has 1 aliphatic rings. The van der Waals surface area contributed by atoms with Gasteiger partial charge in [-0.2, -0.15) is 0 Å². The van der Waals surface area contributed by atoms with E-state index in [1.165, 1.54) is 11.1 Å². The van der Waals surface area contributed by atoms with Gasteiger partial charge in [-0.25, -0.2) is 0 Å². The van der Waals surface area contributed by atoms with Crippen molar-refractivity contribution in [3.05, 3.63) is 35.4 Å². The van der Waals surface area contributed by atoms with Crippen molar-refractivity contribution in [1.82, 2.24) is 5.32 Å². The maximum absolute atomic E-state index is 5.66. The molecule has 1 aromatic carbocycles. The Bertz CT molecular complexity index is 407. The molecule has 0 aliphatic heterocycles. The smallest absolute Gasteiger partial charge is 0.0987 e. The highest BCUT2D eigenvalue weighted by atomic mass is 16.5. The van der Waals surface area contributed by atoms with Gasteiger partial charge in [0.05, 0.1) is 12.2 Å². The lowest BCUT2D eigenvalue weighted by Crippen LogP contribution is -2.60. The van der Waals surface area contributed by atoms with Gasteiger partial charge < -0.3 is 14.8 Å². The van der Waals surface area contributed by atoms with Crippen LogP contribution in [0.1, 0.15) is 37.4 Å². The summed E-state index contributed by atoms with van der Waals surface area (Å²) < 4.78 is 11.2. The molecule has 2 rings (SSSR count). The van der Waals surface area contributed by atoms with Crippen LogP contribution < -0.4 is 5.32 Å². The summed E-state index contributed by atoms with van der Waals surface area (Å²) in [7, 11) is 1.77. The molecule has 19 heavy (non-hydrogen) atoms. The largest absolute Gasteiger partial charge is 0.377 e. The predicted molar refractivity (Wildman–Crippen MR) is 77.3 cm³/mol. The van der Waals surface area contributed by atoms with Crippen LogP contribution >= 0.6 is 0 Å². The molecule has 0 radical (unpaired) electrons. The molecular formula is C16H25NO2. The summed E-state index contributed by atoms with van der Waals surface area (Å²) in [6.07, 6.45) is 1.45. The van der Waals surface area contributed by atoms with Crippen LogP contribution in [0.5, 0.6) is 0 Å². The summed E-state index contributed by atoms with van der Waals surface area (Å²) in [5.41, 5.74) is 2.69. The molecule has 1 fully saturated rings. The molecule has 1 N–H and O–H groups in total. The molecule has 0 saturated heterocycles. The Morgan fingerprint density at radius 2 is 2.11 bits per heavy atom. The van der Waals surface area contributed by atoms with E-state index in [-0.39, 0.29) is 12.2 Å². The Hall–Kier alpha value is -0.900. The zero-order valence-electron chi connectivity index (χ0n) is 12.3. The van der Waals surface area contributed by atoms with Gasteiger partial charge in [-0.15, -0.1) is 0 Å². The summed E-state index contributed by atoms with van der Waals surface area (Å²) in [5, 5.41) is 3.66. The van der Waals surface area contributed by atoms with Gasteiger partial charge in [-0.1, -0.05) is 24.3 Å². The van der Waals surface area contributed by atoms with E-state index >= 15 is 0 Å². The highest BCUT2D eigenvalue weighted by molar-refractivity contribution is 5.28. The highest BCUT2D eigenvalue weighted by Gasteiger charge is 2.42. The maximum Gasteiger partial charge on any atom is 0.0987 e. The average molecular weight is 263 g/mol. The quantitative estimate of drug-likeness (QED) is 0.856. The number of hydrogen-bond acceptors (Lipinski definition) is 3. The molecule has 1 saturated carbocycles. The zero-order valence-corrected chi connectivity index (χ0v) is 12.3. The lowest BCUT2D eigenvalue weighted by molar-refractivity contribution is -0.133. The van der Waals surface area contributed by atoms with E-state index < -0.39 is 0 Å². The fraction of sp³-hybridized carbons (Fsp3) is 0.625. The second-order valence-electron chi connectivity index (χ2n) is 5.28. The molecule has 3 unspecified atom stereocenters. The molecule has 0 heterocycles. The average Bonchev–Trinajstić information content (AvgIpc) is 2.38. The third-order valence-corrected chi connectivity index (χ3v) is 4.02. The first-order chi connectivity index (χ1) is 9.17. The normalized spacial score (nSPS) is 27.9. The van der Waals surface area contributed by atoms with Crippen molar-refractivity contribution in [3.63, 3.8) is 0 Å². The topological polar surface area (TPSA) is 30.5 Å². The minimum absolute atomic E-state index is 0.173. The van der Waals surface area contributed by atoms with Crippen LogP contribution in [-0.4, -0.2) is 32.0 Å². The van der Waals surface area contributed by atoms with E-state index in [1.807, 2.05) is 6.92 Å². The standard InChI is InChI=1S/C16H25NO2/c1-5-19-15-10-14(16(15)18-4)17-12(3)13-9-7-6-8-11(13)2/h6-9,12,14-17H,5,10H2,1-4H3/t12-,14?,15?,16?/m0/s1. The molecule has 0 amide bonds. The van der Waals surface area contributed by atoms with Crippen molar-refractivity contribution in [2.45, 2.75) is 51.5 Å². The van der Waals surface area contributed by atoms with Crippen molar-refractivity contribution in [2.75, 3.05) is 13.7 Å². The van der Waals surface area contributed by atoms with Gasteiger partial charge in [0.25, 0.3) is 0 Å². The van der Waals surface area contributed by atoms with Crippen LogP contribution in [0.2, 0.25) is 0 Å². The molecule has 3 nitrogen and oxygen atoms in total. The minimum Gasteiger partial charge on any atom is -0.377 e. The van der Waals surface area contributed by atoms with Gasteiger partial charge in [0.15, 0.2) is 0 Å². The second kappa shape index (κ2) is 6.51. The number of ether oxygens (including phenoxy) is 2. The lowest BCUT2D eigenvalue weighted by atomic mass is 9.84. The van der Waals surface area contributed by atoms with Gasteiger partial charge in [-0.3, -0.25) is 0 Å². The summed E-state index contributed by atoms with van der Waals surface area (Å²) >= 11 is 0. The third kappa shape index (κ3) is 3.16. The highest BCUT2D eigenvalue weighted by Crippen LogP contribution is 2.29. The number of aryl methyl sites for hydroxylation is 1. The maximum atomic E-state index is 5.66. The first-order valence-corrected chi connectivity index (χ1v) is 7.13. The van der Waals surface area contributed by atoms with Crippen LogP contribution in [0.4, 0.5) is 0 Å². The van der Waals surface area contributed by atoms with Crippen LogP contribution in [0, 0.1) is 6.92 Å². The van der Waals surface area contributed by atoms with Gasteiger partial charge in [0.2, 0.25) is 0 Å². The Labute approximate surface area is 116 Å². The molecular weight excluding hydrogens is 238 g/mol. The second-order valence-corrected chi connectivity index (χ2v) is 5.28. The van der Waals surface area contributed by atoms with E-state index in [0.717, 1.165) is 13.0 Å². The Morgan fingerprint density at radius 1 is 1.37 bits per heavy atom. The van der Waals surface area contributed by atoms with Crippen LogP contribution in [-0.2, 0) is 9.47 Å². The van der Waals surface area contributed by atoms with E-state index in [9.17, 15) is 0 Å². The van der Waals surface area contributed by atoms with Gasteiger partial charge in [0, 0.05) is 25.8 Å². The summed E-state index contributed by atoms with van der Waals surface area (Å²) in [6, 6.07) is 9.25. The SMILES string of the molecule is CCOC1CC(N[C@@H](C)c2ccccc2C)C1OC. The van der Waals surface area contributed by atoms with Crippen molar-refractivity contribution in [1.29, 1.82) is 0 Å². The Balaban J connectivity index is 1.93. The fourth-order valence-corrected chi connectivity index (χ4v) is 2.92. The number of rotatable bonds is 6. The number of nitrogens with one attached hydrogen (secondary N) is 1. The van der Waals surface area contributed by atoms with Crippen molar-refractivity contribution < 1.29 is 9.47 Å². The zero-order chi connectivity index (χ0) is 13.8. The summed E-state index contributed by atoms with van der Waals surface area (Å²) in [5.74, 6) is 0. The van der Waals surface area contributed by atoms with Crippen molar-refractivity contribution in [2.24, 2.45) is 0 Å². The van der Waals surface area contributed by atoms with Crippen molar-refractivity contribution in [3.8, 4) is 0 Å². The Kier molecular flexibility index (Phi) is 4.97. The molecule has 3 heteroatoms. The predicted octanol–water partition coefficient (Wildman–Crippen LogP) is 2.84. The van der Waals surface area contributed by atoms with E-state index in [4.69, 9.17) is 9.47 Å². The molecule has 0 bridgehead atoms. The number of benzene rings is 1. The molecule has 0 spiro atoms. The van der Waals surface area contributed by atoms with E-state index in [0.29, 0.717) is 12.1 Å². The van der Waals surface area contributed by atoms with Crippen LogP contribution in [0.15, 0.2) is 24.3 Å². The van der Waals surface area contributed by atoms with Gasteiger partial charge in [-0.05, 0) is 38.3 Å². The lowest BCUT2D eigenvalue weighted by Gasteiger charge is -2.44. The summed E-state index contributed by atoms with van der Waals surface area (Å²) in [6.45, 7) is 7.15. The van der Waals surface area contributed by atoms with E-state index in [2.05, 4.69) is 43.4 Å².